The number of carboxylic acid groups (broad SMARTS) is 1. The Kier molecular flexibility index (Phi) is 5.09. The van der Waals surface area contributed by atoms with Crippen molar-refractivity contribution in [2.45, 2.75) is 57.0 Å². The molecule has 3 rings (SSSR count). The van der Waals surface area contributed by atoms with Crippen molar-refractivity contribution in [3.8, 4) is 0 Å². The monoisotopic (exact) mass is 324 g/mol. The minimum atomic E-state index is -0.758. The molecule has 0 aromatic rings. The number of hydrogen-bond donors (Lipinski definition) is 1. The van der Waals surface area contributed by atoms with Crippen LogP contribution in [0.3, 0.4) is 0 Å². The lowest BCUT2D eigenvalue weighted by atomic mass is 9.69. The molecule has 0 aromatic heterocycles. The first kappa shape index (κ1) is 16.6. The van der Waals surface area contributed by atoms with E-state index in [9.17, 15) is 9.59 Å². The third kappa shape index (κ3) is 3.32. The van der Waals surface area contributed by atoms with E-state index in [1.807, 2.05) is 4.90 Å². The molecule has 0 bridgehead atoms. The van der Waals surface area contributed by atoms with Crippen LogP contribution in [-0.4, -0.2) is 65.8 Å². The number of likely N-dealkylation sites (tertiary alicyclic amines) is 1. The first-order valence-electron chi connectivity index (χ1n) is 8.92. The number of hydrogen-bond acceptors (Lipinski definition) is 4. The molecule has 3 fully saturated rings. The van der Waals surface area contributed by atoms with Gasteiger partial charge in [-0.1, -0.05) is 0 Å². The molecule has 0 unspecified atom stereocenters. The molecule has 4 atom stereocenters. The highest BCUT2D eigenvalue weighted by molar-refractivity contribution is 5.68. The molecule has 0 aromatic carbocycles. The van der Waals surface area contributed by atoms with E-state index in [-0.39, 0.29) is 18.6 Å². The summed E-state index contributed by atoms with van der Waals surface area (Å²) in [5.74, 6) is 0.255. The van der Waals surface area contributed by atoms with Gasteiger partial charge >= 0.3 is 12.1 Å². The van der Waals surface area contributed by atoms with Gasteiger partial charge in [-0.3, -0.25) is 9.69 Å². The Morgan fingerprint density at radius 1 is 1.22 bits per heavy atom. The SMILES string of the molecule is COC(=O)N1C[C@@H]2CCCN3CCC[C@@H]([C@H]23)[C@@H]1CCCC(=O)O. The summed E-state index contributed by atoms with van der Waals surface area (Å²) in [6.45, 7) is 3.12. The number of methoxy groups -OCH3 is 1. The van der Waals surface area contributed by atoms with Gasteiger partial charge in [0, 0.05) is 25.0 Å². The Bertz CT molecular complexity index is 454. The van der Waals surface area contributed by atoms with Crippen molar-refractivity contribution in [2.75, 3.05) is 26.7 Å². The minimum absolute atomic E-state index is 0.129. The topological polar surface area (TPSA) is 70.1 Å². The van der Waals surface area contributed by atoms with Crippen molar-refractivity contribution < 1.29 is 19.4 Å². The lowest BCUT2D eigenvalue weighted by Crippen LogP contribution is -2.65. The van der Waals surface area contributed by atoms with Crippen molar-refractivity contribution in [1.82, 2.24) is 9.80 Å². The molecule has 1 N–H and O–H groups in total. The lowest BCUT2D eigenvalue weighted by molar-refractivity contribution is -0.137. The molecule has 0 saturated carbocycles. The minimum Gasteiger partial charge on any atom is -0.481 e. The number of ether oxygens (including phenoxy) is 1. The third-order valence-electron chi connectivity index (χ3n) is 5.97. The highest BCUT2D eigenvalue weighted by atomic mass is 16.5. The molecule has 3 saturated heterocycles. The van der Waals surface area contributed by atoms with Gasteiger partial charge in [0.05, 0.1) is 7.11 Å². The largest absolute Gasteiger partial charge is 0.481 e. The van der Waals surface area contributed by atoms with E-state index in [1.54, 1.807) is 0 Å². The summed E-state index contributed by atoms with van der Waals surface area (Å²) >= 11 is 0. The number of amides is 1. The average molecular weight is 324 g/mol. The second kappa shape index (κ2) is 7.07. The zero-order chi connectivity index (χ0) is 16.4. The lowest BCUT2D eigenvalue weighted by Gasteiger charge is -2.57. The van der Waals surface area contributed by atoms with Crippen molar-refractivity contribution in [2.24, 2.45) is 11.8 Å². The molecule has 3 aliphatic heterocycles. The third-order valence-corrected chi connectivity index (χ3v) is 5.97. The predicted molar refractivity (Wildman–Crippen MR) is 85.2 cm³/mol. The van der Waals surface area contributed by atoms with Crippen LogP contribution in [0.5, 0.6) is 0 Å². The summed E-state index contributed by atoms with van der Waals surface area (Å²) < 4.78 is 5.02. The Labute approximate surface area is 137 Å². The van der Waals surface area contributed by atoms with Crippen LogP contribution >= 0.6 is 0 Å². The van der Waals surface area contributed by atoms with E-state index in [0.29, 0.717) is 24.3 Å². The number of nitrogens with zero attached hydrogens (tertiary/aromatic N) is 2. The Balaban J connectivity index is 1.78. The number of aliphatic carboxylic acids is 1. The summed E-state index contributed by atoms with van der Waals surface area (Å²) in [5, 5.41) is 8.91. The van der Waals surface area contributed by atoms with E-state index < -0.39 is 5.97 Å². The van der Waals surface area contributed by atoms with E-state index in [2.05, 4.69) is 4.90 Å². The van der Waals surface area contributed by atoms with Crippen LogP contribution < -0.4 is 0 Å². The molecule has 3 heterocycles. The fraction of sp³-hybridized carbons (Fsp3) is 0.882. The van der Waals surface area contributed by atoms with Crippen molar-refractivity contribution in [3.63, 3.8) is 0 Å². The summed E-state index contributed by atoms with van der Waals surface area (Å²) in [4.78, 5) is 27.7. The summed E-state index contributed by atoms with van der Waals surface area (Å²) in [6, 6.07) is 0.706. The number of carbonyl (C=O) groups excluding carboxylic acids is 1. The van der Waals surface area contributed by atoms with Gasteiger partial charge in [-0.15, -0.1) is 0 Å². The number of piperidine rings is 3. The fourth-order valence-electron chi connectivity index (χ4n) is 5.15. The van der Waals surface area contributed by atoms with Crippen molar-refractivity contribution in [3.05, 3.63) is 0 Å². The summed E-state index contributed by atoms with van der Waals surface area (Å²) in [7, 11) is 1.44. The van der Waals surface area contributed by atoms with E-state index in [4.69, 9.17) is 9.84 Å². The van der Waals surface area contributed by atoms with Crippen LogP contribution in [0.25, 0.3) is 0 Å². The Morgan fingerprint density at radius 2 is 1.96 bits per heavy atom. The van der Waals surface area contributed by atoms with E-state index in [1.165, 1.54) is 39.5 Å². The van der Waals surface area contributed by atoms with Gasteiger partial charge in [0.1, 0.15) is 0 Å². The molecule has 6 nitrogen and oxygen atoms in total. The standard InChI is InChI=1S/C17H28N2O4/c1-23-17(22)19-11-12-5-3-9-18-10-4-6-13(16(12)18)14(19)7-2-8-15(20)21/h12-14,16H,2-11H2,1H3,(H,20,21)/t12-,13+,14-,16-/m0/s1. The van der Waals surface area contributed by atoms with E-state index in [0.717, 1.165) is 19.4 Å². The zero-order valence-corrected chi connectivity index (χ0v) is 13.9. The molecular weight excluding hydrogens is 296 g/mol. The number of rotatable bonds is 4. The Hall–Kier alpha value is -1.30. The van der Waals surface area contributed by atoms with Crippen molar-refractivity contribution >= 4 is 12.1 Å². The first-order valence-corrected chi connectivity index (χ1v) is 8.92. The molecule has 3 aliphatic rings. The maximum atomic E-state index is 12.3. The highest BCUT2D eigenvalue weighted by Gasteiger charge is 2.49. The molecule has 0 aliphatic carbocycles. The molecule has 1 amide bonds. The molecule has 0 radical (unpaired) electrons. The van der Waals surface area contributed by atoms with Crippen LogP contribution in [0.2, 0.25) is 0 Å². The molecule has 6 heteroatoms. The molecular formula is C17H28N2O4. The maximum Gasteiger partial charge on any atom is 0.409 e. The van der Waals surface area contributed by atoms with Gasteiger partial charge < -0.3 is 14.7 Å². The van der Waals surface area contributed by atoms with Crippen LogP contribution in [-0.2, 0) is 9.53 Å². The van der Waals surface area contributed by atoms with Crippen LogP contribution in [0, 0.1) is 11.8 Å². The predicted octanol–water partition coefficient (Wildman–Crippen LogP) is 2.18. The average Bonchev–Trinajstić information content (AvgIpc) is 2.56. The maximum absolute atomic E-state index is 12.3. The summed E-state index contributed by atoms with van der Waals surface area (Å²) in [6.07, 6.45) is 6.05. The van der Waals surface area contributed by atoms with Gasteiger partial charge in [0.2, 0.25) is 0 Å². The smallest absolute Gasteiger partial charge is 0.409 e. The molecule has 0 spiro atoms. The molecule has 23 heavy (non-hydrogen) atoms. The fourth-order valence-corrected chi connectivity index (χ4v) is 5.15. The second-order valence-electron chi connectivity index (χ2n) is 7.21. The van der Waals surface area contributed by atoms with Gasteiger partial charge in [0.25, 0.3) is 0 Å². The van der Waals surface area contributed by atoms with Gasteiger partial charge in [-0.05, 0) is 63.5 Å². The second-order valence-corrected chi connectivity index (χ2v) is 7.21. The molecule has 130 valence electrons. The van der Waals surface area contributed by atoms with Gasteiger partial charge in [-0.2, -0.15) is 0 Å². The number of carboxylic acids is 1. The quantitative estimate of drug-likeness (QED) is 0.858. The highest BCUT2D eigenvalue weighted by Crippen LogP contribution is 2.43. The first-order chi connectivity index (χ1) is 11.1. The normalized spacial score (nSPS) is 33.9. The zero-order valence-electron chi connectivity index (χ0n) is 13.9. The van der Waals surface area contributed by atoms with Crippen LogP contribution in [0.1, 0.15) is 44.9 Å². The Morgan fingerprint density at radius 3 is 2.65 bits per heavy atom. The van der Waals surface area contributed by atoms with Gasteiger partial charge in [-0.25, -0.2) is 4.79 Å². The van der Waals surface area contributed by atoms with E-state index >= 15 is 0 Å². The van der Waals surface area contributed by atoms with Crippen LogP contribution in [0.4, 0.5) is 4.79 Å². The van der Waals surface area contributed by atoms with Crippen molar-refractivity contribution in [1.29, 1.82) is 0 Å². The van der Waals surface area contributed by atoms with Crippen LogP contribution in [0.15, 0.2) is 0 Å². The number of carbonyl (C=O) groups is 2. The summed E-state index contributed by atoms with van der Waals surface area (Å²) in [5.41, 5.74) is 0. The van der Waals surface area contributed by atoms with Gasteiger partial charge in [0.15, 0.2) is 0 Å².